The van der Waals surface area contributed by atoms with Crippen molar-refractivity contribution < 1.29 is 9.47 Å². The van der Waals surface area contributed by atoms with Gasteiger partial charge in [0.1, 0.15) is 5.69 Å². The molecule has 1 aromatic heterocycles. The Morgan fingerprint density at radius 1 is 1.37 bits per heavy atom. The lowest BCUT2D eigenvalue weighted by Crippen LogP contribution is -2.31. The molecule has 0 saturated carbocycles. The van der Waals surface area contributed by atoms with Gasteiger partial charge in [-0.2, -0.15) is 5.26 Å². The van der Waals surface area contributed by atoms with Gasteiger partial charge in [0, 0.05) is 37.8 Å². The molecule has 1 rings (SSSR count). The fraction of sp³-hybridized carbons (Fsp3) is 0.571. The molecule has 0 aliphatic heterocycles. The third kappa shape index (κ3) is 4.11. The van der Waals surface area contributed by atoms with Crippen molar-refractivity contribution in [2.45, 2.75) is 32.9 Å². The summed E-state index contributed by atoms with van der Waals surface area (Å²) in [4.78, 5) is 6.55. The smallest absolute Gasteiger partial charge is 0.183 e. The van der Waals surface area contributed by atoms with E-state index in [2.05, 4.69) is 29.8 Å². The summed E-state index contributed by atoms with van der Waals surface area (Å²) in [6.07, 6.45) is 2.21. The summed E-state index contributed by atoms with van der Waals surface area (Å²) < 4.78 is 10.6. The number of ether oxygens (including phenoxy) is 2. The first-order chi connectivity index (χ1) is 9.13. The Labute approximate surface area is 114 Å². The minimum Gasteiger partial charge on any atom is -0.493 e. The maximum Gasteiger partial charge on any atom is 0.183 e. The first-order valence-electron chi connectivity index (χ1n) is 6.30. The molecule has 0 saturated heterocycles. The Balaban J connectivity index is 2.93. The highest BCUT2D eigenvalue weighted by atomic mass is 16.5. The summed E-state index contributed by atoms with van der Waals surface area (Å²) in [5.41, 5.74) is 0.827. The number of hydrogen-bond acceptors (Lipinski definition) is 5. The van der Waals surface area contributed by atoms with Crippen molar-refractivity contribution in [1.82, 2.24) is 9.88 Å². The fourth-order valence-corrected chi connectivity index (χ4v) is 1.87. The summed E-state index contributed by atoms with van der Waals surface area (Å²) in [5, 5.41) is 8.71. The van der Waals surface area contributed by atoms with E-state index in [1.807, 2.05) is 0 Å². The molecule has 0 radical (unpaired) electrons. The van der Waals surface area contributed by atoms with E-state index in [-0.39, 0.29) is 0 Å². The summed E-state index contributed by atoms with van der Waals surface area (Å²) in [7, 11) is 3.22. The number of nitriles is 1. The van der Waals surface area contributed by atoms with Crippen LogP contribution in [0.4, 0.5) is 0 Å². The van der Waals surface area contributed by atoms with Crippen LogP contribution in [0.15, 0.2) is 12.3 Å². The molecule has 0 bridgehead atoms. The zero-order chi connectivity index (χ0) is 14.3. The maximum atomic E-state index is 8.71. The molecule has 0 aromatic carbocycles. The molecule has 0 aliphatic rings. The molecule has 0 fully saturated rings. The average molecular weight is 263 g/mol. The molecule has 0 N–H and O–H groups in total. The molecule has 0 atom stereocenters. The van der Waals surface area contributed by atoms with Gasteiger partial charge in [-0.15, -0.1) is 0 Å². The molecule has 104 valence electrons. The zero-order valence-electron chi connectivity index (χ0n) is 12.0. The van der Waals surface area contributed by atoms with Crippen LogP contribution in [0.3, 0.4) is 0 Å². The molecule has 1 heterocycles. The second kappa shape index (κ2) is 7.59. The summed E-state index contributed by atoms with van der Waals surface area (Å²) in [5.74, 6) is 1.34. The predicted octanol–water partition coefficient (Wildman–Crippen LogP) is 2.22. The molecule has 0 spiro atoms. The first-order valence-corrected chi connectivity index (χ1v) is 6.30. The van der Waals surface area contributed by atoms with Crippen LogP contribution < -0.4 is 9.47 Å². The van der Waals surface area contributed by atoms with Crippen LogP contribution in [0.2, 0.25) is 0 Å². The Hall–Kier alpha value is -1.80. The van der Waals surface area contributed by atoms with E-state index >= 15 is 0 Å². The van der Waals surface area contributed by atoms with Crippen LogP contribution in [-0.4, -0.2) is 36.7 Å². The summed E-state index contributed by atoms with van der Waals surface area (Å²) >= 11 is 0. The quantitative estimate of drug-likeness (QED) is 0.755. The van der Waals surface area contributed by atoms with E-state index in [0.29, 0.717) is 30.5 Å². The van der Waals surface area contributed by atoms with Crippen LogP contribution in [-0.2, 0) is 6.54 Å². The Morgan fingerprint density at radius 2 is 2.11 bits per heavy atom. The molecule has 0 amide bonds. The minimum absolute atomic E-state index is 0.339. The van der Waals surface area contributed by atoms with Gasteiger partial charge in [-0.05, 0) is 13.8 Å². The van der Waals surface area contributed by atoms with Gasteiger partial charge in [0.15, 0.2) is 11.5 Å². The molecule has 5 heteroatoms. The van der Waals surface area contributed by atoms with Gasteiger partial charge in [0.2, 0.25) is 0 Å². The van der Waals surface area contributed by atoms with Crippen molar-refractivity contribution in [2.24, 2.45) is 0 Å². The van der Waals surface area contributed by atoms with Crippen molar-refractivity contribution in [2.75, 3.05) is 20.8 Å². The van der Waals surface area contributed by atoms with Gasteiger partial charge in [0.25, 0.3) is 0 Å². The van der Waals surface area contributed by atoms with Crippen LogP contribution in [0, 0.1) is 11.3 Å². The van der Waals surface area contributed by atoms with E-state index in [0.717, 1.165) is 12.2 Å². The van der Waals surface area contributed by atoms with Crippen molar-refractivity contribution in [3.05, 3.63) is 18.0 Å². The SMILES string of the molecule is COc1ccnc(CN(CCC#N)C(C)C)c1OC. The fourth-order valence-electron chi connectivity index (χ4n) is 1.87. The number of pyridine rings is 1. The normalized spacial score (nSPS) is 10.6. The highest BCUT2D eigenvalue weighted by Crippen LogP contribution is 2.30. The Morgan fingerprint density at radius 3 is 2.63 bits per heavy atom. The van der Waals surface area contributed by atoms with Crippen LogP contribution >= 0.6 is 0 Å². The molecule has 0 unspecified atom stereocenters. The van der Waals surface area contributed by atoms with E-state index in [1.165, 1.54) is 0 Å². The van der Waals surface area contributed by atoms with Gasteiger partial charge in [0.05, 0.1) is 20.3 Å². The van der Waals surface area contributed by atoms with E-state index < -0.39 is 0 Å². The van der Waals surface area contributed by atoms with Gasteiger partial charge in [-0.1, -0.05) is 0 Å². The molecule has 19 heavy (non-hydrogen) atoms. The monoisotopic (exact) mass is 263 g/mol. The number of hydrogen-bond donors (Lipinski definition) is 0. The number of rotatable bonds is 7. The van der Waals surface area contributed by atoms with E-state index in [4.69, 9.17) is 14.7 Å². The maximum absolute atomic E-state index is 8.71. The Bertz CT molecular complexity index is 441. The Kier molecular flexibility index (Phi) is 6.10. The second-order valence-electron chi connectivity index (χ2n) is 4.47. The first kappa shape index (κ1) is 15.3. The van der Waals surface area contributed by atoms with Gasteiger partial charge >= 0.3 is 0 Å². The minimum atomic E-state index is 0.339. The third-order valence-electron chi connectivity index (χ3n) is 2.96. The molecule has 1 aromatic rings. The molecular weight excluding hydrogens is 242 g/mol. The van der Waals surface area contributed by atoms with Crippen molar-refractivity contribution >= 4 is 0 Å². The van der Waals surface area contributed by atoms with Crippen LogP contribution in [0.25, 0.3) is 0 Å². The van der Waals surface area contributed by atoms with E-state index in [9.17, 15) is 0 Å². The van der Waals surface area contributed by atoms with Gasteiger partial charge < -0.3 is 9.47 Å². The lowest BCUT2D eigenvalue weighted by atomic mass is 10.2. The second-order valence-corrected chi connectivity index (χ2v) is 4.47. The standard InChI is InChI=1S/C14H21N3O2/c1-11(2)17(9-5-7-15)10-12-14(19-4)13(18-3)6-8-16-12/h6,8,11H,5,9-10H2,1-4H3. The number of nitrogens with zero attached hydrogens (tertiary/aromatic N) is 3. The largest absolute Gasteiger partial charge is 0.493 e. The third-order valence-corrected chi connectivity index (χ3v) is 2.96. The summed E-state index contributed by atoms with van der Waals surface area (Å²) in [6.45, 7) is 5.56. The molecule has 5 nitrogen and oxygen atoms in total. The number of methoxy groups -OCH3 is 2. The average Bonchev–Trinajstić information content (AvgIpc) is 2.42. The van der Waals surface area contributed by atoms with Crippen molar-refractivity contribution in [1.29, 1.82) is 5.26 Å². The van der Waals surface area contributed by atoms with Crippen molar-refractivity contribution in [3.8, 4) is 17.6 Å². The zero-order valence-corrected chi connectivity index (χ0v) is 12.0. The van der Waals surface area contributed by atoms with Gasteiger partial charge in [-0.25, -0.2) is 0 Å². The number of aromatic nitrogens is 1. The molecular formula is C14H21N3O2. The topological polar surface area (TPSA) is 58.4 Å². The van der Waals surface area contributed by atoms with Crippen LogP contribution in [0.1, 0.15) is 26.0 Å². The molecule has 0 aliphatic carbocycles. The lowest BCUT2D eigenvalue weighted by molar-refractivity contribution is 0.211. The van der Waals surface area contributed by atoms with Crippen molar-refractivity contribution in [3.63, 3.8) is 0 Å². The highest BCUT2D eigenvalue weighted by Gasteiger charge is 2.16. The highest BCUT2D eigenvalue weighted by molar-refractivity contribution is 5.42. The van der Waals surface area contributed by atoms with Crippen LogP contribution in [0.5, 0.6) is 11.5 Å². The summed E-state index contributed by atoms with van der Waals surface area (Å²) in [6, 6.07) is 4.29. The van der Waals surface area contributed by atoms with Gasteiger partial charge in [-0.3, -0.25) is 9.88 Å². The lowest BCUT2D eigenvalue weighted by Gasteiger charge is -2.25. The predicted molar refractivity (Wildman–Crippen MR) is 73.1 cm³/mol. The van der Waals surface area contributed by atoms with E-state index in [1.54, 1.807) is 26.5 Å².